The van der Waals surface area contributed by atoms with Crippen LogP contribution in [0.5, 0.6) is 0 Å². The van der Waals surface area contributed by atoms with Crippen molar-refractivity contribution in [2.45, 2.75) is 6.18 Å². The fourth-order valence-electron chi connectivity index (χ4n) is 3.38. The molecule has 0 atom stereocenters. The number of benzene rings is 2. The molecule has 3 aromatic rings. The monoisotopic (exact) mass is 436 g/mol. The number of nitrogens with zero attached hydrogens (tertiary/aromatic N) is 4. The summed E-state index contributed by atoms with van der Waals surface area (Å²) in [6.07, 6.45) is -1.16. The predicted molar refractivity (Wildman–Crippen MR) is 108 cm³/mol. The average molecular weight is 437 g/mol. The molecule has 0 bridgehead atoms. The van der Waals surface area contributed by atoms with Crippen LogP contribution in [0.15, 0.2) is 54.9 Å². The minimum Gasteiger partial charge on any atom is -0.368 e. The largest absolute Gasteiger partial charge is 0.416 e. The van der Waals surface area contributed by atoms with Gasteiger partial charge >= 0.3 is 6.18 Å². The molecule has 0 spiro atoms. The summed E-state index contributed by atoms with van der Waals surface area (Å²) in [6, 6.07) is 9.71. The topological polar surface area (TPSA) is 32.3 Å². The minimum atomic E-state index is -4.36. The van der Waals surface area contributed by atoms with Gasteiger partial charge in [-0.25, -0.2) is 9.37 Å². The molecule has 1 saturated heterocycles. The molecule has 1 aliphatic heterocycles. The summed E-state index contributed by atoms with van der Waals surface area (Å²) >= 11 is 5.86. The van der Waals surface area contributed by atoms with Gasteiger partial charge in [-0.1, -0.05) is 17.7 Å². The molecule has 2 aromatic carbocycles. The normalized spacial score (nSPS) is 14.8. The van der Waals surface area contributed by atoms with Crippen LogP contribution in [0.2, 0.25) is 5.02 Å². The van der Waals surface area contributed by atoms with Crippen molar-refractivity contribution in [1.29, 1.82) is 0 Å². The zero-order chi connectivity index (χ0) is 21.3. The molecule has 0 radical (unpaired) electrons. The summed E-state index contributed by atoms with van der Waals surface area (Å²) in [4.78, 5) is 12.8. The first-order valence-electron chi connectivity index (χ1n) is 9.26. The highest BCUT2D eigenvalue weighted by Crippen LogP contribution is 2.32. The van der Waals surface area contributed by atoms with Crippen molar-refractivity contribution in [1.82, 2.24) is 9.97 Å². The molecule has 2 heterocycles. The molecule has 0 N–H and O–H groups in total. The quantitative estimate of drug-likeness (QED) is 0.523. The summed E-state index contributed by atoms with van der Waals surface area (Å²) in [5.74, 6) is 0.145. The van der Waals surface area contributed by atoms with E-state index in [1.165, 1.54) is 24.3 Å². The first kappa shape index (κ1) is 20.4. The van der Waals surface area contributed by atoms with Crippen molar-refractivity contribution in [2.24, 2.45) is 0 Å². The van der Waals surface area contributed by atoms with Gasteiger partial charge in [-0.2, -0.15) is 13.2 Å². The van der Waals surface area contributed by atoms with E-state index in [0.29, 0.717) is 48.9 Å². The fourth-order valence-corrected chi connectivity index (χ4v) is 3.56. The first-order chi connectivity index (χ1) is 14.3. The molecular formula is C21H17ClF4N4. The molecule has 0 saturated carbocycles. The molecule has 1 fully saturated rings. The van der Waals surface area contributed by atoms with Gasteiger partial charge < -0.3 is 9.80 Å². The van der Waals surface area contributed by atoms with Crippen molar-refractivity contribution in [3.63, 3.8) is 0 Å². The number of alkyl halides is 3. The lowest BCUT2D eigenvalue weighted by Gasteiger charge is -2.36. The smallest absolute Gasteiger partial charge is 0.368 e. The summed E-state index contributed by atoms with van der Waals surface area (Å²) in [5, 5.41) is 0.00871. The van der Waals surface area contributed by atoms with E-state index in [4.69, 9.17) is 11.6 Å². The first-order valence-corrected chi connectivity index (χ1v) is 9.64. The second-order valence-corrected chi connectivity index (χ2v) is 7.32. The zero-order valence-corrected chi connectivity index (χ0v) is 16.5. The van der Waals surface area contributed by atoms with E-state index >= 15 is 0 Å². The molecule has 4 rings (SSSR count). The number of aromatic nitrogens is 2. The van der Waals surface area contributed by atoms with Crippen LogP contribution in [0, 0.1) is 5.82 Å². The Morgan fingerprint density at radius 2 is 1.63 bits per heavy atom. The summed E-state index contributed by atoms with van der Waals surface area (Å²) in [5.41, 5.74) is 1.11. The molecule has 4 nitrogen and oxygen atoms in total. The van der Waals surface area contributed by atoms with Crippen molar-refractivity contribution in [2.75, 3.05) is 36.0 Å². The average Bonchev–Trinajstić information content (AvgIpc) is 2.75. The van der Waals surface area contributed by atoms with Crippen LogP contribution >= 0.6 is 11.6 Å². The standard InChI is InChI=1S/C21H17ClF4N4/c22-17-10-14(4-5-18(17)23)19-12-27-13-20(28-19)30-8-6-29(7-9-30)16-3-1-2-15(11-16)21(24,25)26/h1-5,10-13H,6-9H2. The molecule has 9 heteroatoms. The third-order valence-corrected chi connectivity index (χ3v) is 5.27. The van der Waals surface area contributed by atoms with Gasteiger partial charge in [-0.15, -0.1) is 0 Å². The van der Waals surface area contributed by atoms with E-state index in [1.807, 2.05) is 9.80 Å². The fraction of sp³-hybridized carbons (Fsp3) is 0.238. The third-order valence-electron chi connectivity index (χ3n) is 4.98. The molecular weight excluding hydrogens is 420 g/mol. The second kappa shape index (κ2) is 8.10. The van der Waals surface area contributed by atoms with Crippen LogP contribution in [0.1, 0.15) is 5.56 Å². The molecule has 0 aliphatic carbocycles. The maximum absolute atomic E-state index is 13.4. The van der Waals surface area contributed by atoms with Crippen LogP contribution in [-0.4, -0.2) is 36.1 Å². The van der Waals surface area contributed by atoms with Crippen LogP contribution in [0.3, 0.4) is 0 Å². The highest BCUT2D eigenvalue weighted by atomic mass is 35.5. The lowest BCUT2D eigenvalue weighted by atomic mass is 10.1. The Morgan fingerprint density at radius 3 is 2.33 bits per heavy atom. The molecule has 0 unspecified atom stereocenters. The Hall–Kier alpha value is -2.87. The molecule has 30 heavy (non-hydrogen) atoms. The highest BCUT2D eigenvalue weighted by molar-refractivity contribution is 6.31. The second-order valence-electron chi connectivity index (χ2n) is 6.91. The van der Waals surface area contributed by atoms with Gasteiger partial charge in [0.05, 0.1) is 28.7 Å². The number of piperazine rings is 1. The highest BCUT2D eigenvalue weighted by Gasteiger charge is 2.31. The molecule has 0 amide bonds. The van der Waals surface area contributed by atoms with Gasteiger partial charge in [0.25, 0.3) is 0 Å². The Kier molecular flexibility index (Phi) is 5.51. The van der Waals surface area contributed by atoms with Crippen LogP contribution in [0.25, 0.3) is 11.3 Å². The Morgan fingerprint density at radius 1 is 0.900 bits per heavy atom. The van der Waals surface area contributed by atoms with Gasteiger partial charge in [0.1, 0.15) is 11.6 Å². The van der Waals surface area contributed by atoms with Crippen molar-refractivity contribution in [3.8, 4) is 11.3 Å². The van der Waals surface area contributed by atoms with E-state index in [1.54, 1.807) is 24.5 Å². The van der Waals surface area contributed by atoms with E-state index in [2.05, 4.69) is 9.97 Å². The Bertz CT molecular complexity index is 1050. The zero-order valence-electron chi connectivity index (χ0n) is 15.7. The van der Waals surface area contributed by atoms with Crippen molar-refractivity contribution >= 4 is 23.1 Å². The number of halogens is 5. The minimum absolute atomic E-state index is 0.00871. The maximum Gasteiger partial charge on any atom is 0.416 e. The summed E-state index contributed by atoms with van der Waals surface area (Å²) in [7, 11) is 0. The number of hydrogen-bond acceptors (Lipinski definition) is 4. The number of anilines is 2. The van der Waals surface area contributed by atoms with Crippen LogP contribution in [0.4, 0.5) is 29.1 Å². The van der Waals surface area contributed by atoms with E-state index < -0.39 is 17.6 Å². The number of hydrogen-bond donors (Lipinski definition) is 0. The van der Waals surface area contributed by atoms with Gasteiger partial charge in [-0.05, 0) is 36.4 Å². The van der Waals surface area contributed by atoms with Crippen LogP contribution in [-0.2, 0) is 6.18 Å². The van der Waals surface area contributed by atoms with Crippen LogP contribution < -0.4 is 9.80 Å². The molecule has 156 valence electrons. The Balaban J connectivity index is 1.48. The van der Waals surface area contributed by atoms with Gasteiger partial charge in [-0.3, -0.25) is 4.98 Å². The SMILES string of the molecule is Fc1ccc(-c2cncc(N3CCN(c4cccc(C(F)(F)F)c4)CC3)n2)cc1Cl. The lowest BCUT2D eigenvalue weighted by molar-refractivity contribution is -0.137. The van der Waals surface area contributed by atoms with Crippen molar-refractivity contribution < 1.29 is 17.6 Å². The molecule has 1 aromatic heterocycles. The van der Waals surface area contributed by atoms with Gasteiger partial charge in [0.15, 0.2) is 0 Å². The maximum atomic E-state index is 13.4. The van der Waals surface area contributed by atoms with E-state index in [9.17, 15) is 17.6 Å². The Labute approximate surface area is 175 Å². The van der Waals surface area contributed by atoms with Gasteiger partial charge in [0.2, 0.25) is 0 Å². The third kappa shape index (κ3) is 4.33. The summed E-state index contributed by atoms with van der Waals surface area (Å²) in [6.45, 7) is 2.27. The van der Waals surface area contributed by atoms with Crippen molar-refractivity contribution in [3.05, 3.63) is 71.3 Å². The van der Waals surface area contributed by atoms with E-state index in [-0.39, 0.29) is 5.02 Å². The summed E-state index contributed by atoms with van der Waals surface area (Å²) < 4.78 is 52.3. The molecule has 1 aliphatic rings. The number of rotatable bonds is 3. The van der Waals surface area contributed by atoms with Gasteiger partial charge in [0, 0.05) is 37.4 Å². The predicted octanol–water partition coefficient (Wildman–Crippen LogP) is 5.28. The van der Waals surface area contributed by atoms with E-state index in [0.717, 1.165) is 6.07 Å². The lowest BCUT2D eigenvalue weighted by Crippen LogP contribution is -2.47.